The minimum absolute atomic E-state index is 0.136. The number of nitrogens with two attached hydrogens (primary N) is 1. The van der Waals surface area contributed by atoms with Gasteiger partial charge in [0.25, 0.3) is 5.91 Å². The Morgan fingerprint density at radius 1 is 1.04 bits per heavy atom. The number of Topliss-reactive ketones (excluding diaryl/α,β-unsaturated/α-hetero) is 1. The van der Waals surface area contributed by atoms with Gasteiger partial charge in [0.05, 0.1) is 11.9 Å². The molecule has 146 valence electrons. The number of carbonyl (C=O) groups is 2. The number of amides is 1. The first kappa shape index (κ1) is 21.3. The molecule has 0 aromatic heterocycles. The number of alkyl halides is 1. The van der Waals surface area contributed by atoms with Crippen molar-refractivity contribution >= 4 is 34.8 Å². The predicted octanol–water partition coefficient (Wildman–Crippen LogP) is 2.80. The fourth-order valence-electron chi connectivity index (χ4n) is 2.58. The van der Waals surface area contributed by atoms with Gasteiger partial charge in [-0.05, 0) is 25.0 Å². The van der Waals surface area contributed by atoms with Crippen molar-refractivity contribution in [2.24, 2.45) is 10.7 Å². The molecule has 1 atom stereocenters. The lowest BCUT2D eigenvalue weighted by Gasteiger charge is -2.18. The maximum atomic E-state index is 12.9. The molecular formula is C21H23ClN4O2. The molecule has 2 aromatic carbocycles. The summed E-state index contributed by atoms with van der Waals surface area (Å²) in [5.74, 6) is -0.325. The van der Waals surface area contributed by atoms with Crippen LogP contribution >= 0.6 is 11.6 Å². The van der Waals surface area contributed by atoms with Crippen molar-refractivity contribution in [3.8, 4) is 0 Å². The van der Waals surface area contributed by atoms with Crippen LogP contribution in [-0.4, -0.2) is 41.7 Å². The van der Waals surface area contributed by atoms with E-state index in [0.717, 1.165) is 0 Å². The highest BCUT2D eigenvalue weighted by Gasteiger charge is 2.25. The fourth-order valence-corrected chi connectivity index (χ4v) is 2.67. The summed E-state index contributed by atoms with van der Waals surface area (Å²) in [6.45, 7) is 0.391. The van der Waals surface area contributed by atoms with Crippen LogP contribution in [0.25, 0.3) is 0 Å². The topological polar surface area (TPSA) is 108 Å². The van der Waals surface area contributed by atoms with Gasteiger partial charge in [0, 0.05) is 17.7 Å². The van der Waals surface area contributed by atoms with Crippen molar-refractivity contribution in [1.82, 2.24) is 5.32 Å². The zero-order valence-electron chi connectivity index (χ0n) is 15.4. The molecule has 1 amide bonds. The van der Waals surface area contributed by atoms with E-state index in [1.165, 1.54) is 0 Å². The number of rotatable bonds is 10. The standard InChI is InChI=1S/C21H23ClN4O2/c22-14-18(23)25-13-7-12-17(26-21(28)16-10-5-2-6-11-16)20(27)19(24)15-8-3-1-4-9-15/h1-6,8-11,17,24H,7,12-14H2,(H2,23,25)(H,26,28). The van der Waals surface area contributed by atoms with Gasteiger partial charge >= 0.3 is 0 Å². The van der Waals surface area contributed by atoms with Crippen LogP contribution in [-0.2, 0) is 4.79 Å². The second kappa shape index (κ2) is 11.0. The number of aliphatic imine (C=N–C) groups is 1. The molecule has 0 aliphatic heterocycles. The maximum Gasteiger partial charge on any atom is 0.251 e. The van der Waals surface area contributed by atoms with Crippen molar-refractivity contribution in [3.63, 3.8) is 0 Å². The number of amidine groups is 1. The molecule has 0 heterocycles. The Morgan fingerprint density at radius 3 is 2.18 bits per heavy atom. The van der Waals surface area contributed by atoms with Crippen molar-refractivity contribution in [2.45, 2.75) is 18.9 Å². The van der Waals surface area contributed by atoms with E-state index in [1.54, 1.807) is 48.5 Å². The van der Waals surface area contributed by atoms with Crippen LogP contribution in [0, 0.1) is 5.41 Å². The summed E-state index contributed by atoms with van der Waals surface area (Å²) in [6, 6.07) is 16.6. The second-order valence-corrected chi connectivity index (χ2v) is 6.41. The fraction of sp³-hybridized carbons (Fsp3) is 0.238. The van der Waals surface area contributed by atoms with Crippen LogP contribution in [0.1, 0.15) is 28.8 Å². The van der Waals surface area contributed by atoms with Crippen LogP contribution in [0.2, 0.25) is 0 Å². The molecule has 7 heteroatoms. The first-order valence-electron chi connectivity index (χ1n) is 8.91. The lowest BCUT2D eigenvalue weighted by molar-refractivity contribution is -0.114. The van der Waals surface area contributed by atoms with E-state index >= 15 is 0 Å². The van der Waals surface area contributed by atoms with Crippen molar-refractivity contribution in [3.05, 3.63) is 71.8 Å². The zero-order valence-corrected chi connectivity index (χ0v) is 16.2. The van der Waals surface area contributed by atoms with E-state index < -0.39 is 11.8 Å². The average Bonchev–Trinajstić information content (AvgIpc) is 2.75. The molecule has 28 heavy (non-hydrogen) atoms. The molecule has 0 aliphatic carbocycles. The highest BCUT2D eigenvalue weighted by molar-refractivity contribution is 6.46. The van der Waals surface area contributed by atoms with Crippen LogP contribution in [0.5, 0.6) is 0 Å². The van der Waals surface area contributed by atoms with Crippen LogP contribution in [0.3, 0.4) is 0 Å². The average molecular weight is 399 g/mol. The minimum Gasteiger partial charge on any atom is -0.386 e. The largest absolute Gasteiger partial charge is 0.386 e. The van der Waals surface area contributed by atoms with Gasteiger partial charge in [-0.1, -0.05) is 48.5 Å². The Balaban J connectivity index is 2.11. The Labute approximate surface area is 169 Å². The molecule has 1 unspecified atom stereocenters. The lowest BCUT2D eigenvalue weighted by atomic mass is 9.97. The number of halogens is 1. The molecule has 0 saturated heterocycles. The number of carbonyl (C=O) groups excluding carboxylic acids is 2. The van der Waals surface area contributed by atoms with Crippen molar-refractivity contribution in [1.29, 1.82) is 5.41 Å². The molecule has 0 aliphatic rings. The second-order valence-electron chi connectivity index (χ2n) is 6.15. The molecule has 0 radical (unpaired) electrons. The summed E-state index contributed by atoms with van der Waals surface area (Å²) in [6.07, 6.45) is 0.858. The van der Waals surface area contributed by atoms with Crippen LogP contribution in [0.15, 0.2) is 65.7 Å². The first-order chi connectivity index (χ1) is 13.5. The van der Waals surface area contributed by atoms with Gasteiger partial charge < -0.3 is 11.1 Å². The Hall–Kier alpha value is -2.99. The highest BCUT2D eigenvalue weighted by atomic mass is 35.5. The van der Waals surface area contributed by atoms with Gasteiger partial charge in [-0.3, -0.25) is 20.0 Å². The highest BCUT2D eigenvalue weighted by Crippen LogP contribution is 2.09. The summed E-state index contributed by atoms with van der Waals surface area (Å²) in [5.41, 5.74) is 6.41. The van der Waals surface area contributed by atoms with Gasteiger partial charge in [0.15, 0.2) is 0 Å². The number of benzene rings is 2. The third kappa shape index (κ3) is 6.32. The Kier molecular flexibility index (Phi) is 8.37. The Bertz CT molecular complexity index is 838. The molecule has 2 aromatic rings. The van der Waals surface area contributed by atoms with E-state index in [9.17, 15) is 9.59 Å². The van der Waals surface area contributed by atoms with E-state index in [1.807, 2.05) is 12.1 Å². The smallest absolute Gasteiger partial charge is 0.251 e. The monoisotopic (exact) mass is 398 g/mol. The van der Waals surface area contributed by atoms with Crippen LogP contribution in [0.4, 0.5) is 0 Å². The molecule has 0 spiro atoms. The van der Waals surface area contributed by atoms with Gasteiger partial charge in [-0.2, -0.15) is 0 Å². The van der Waals surface area contributed by atoms with Crippen molar-refractivity contribution < 1.29 is 9.59 Å². The van der Waals surface area contributed by atoms with Crippen molar-refractivity contribution in [2.75, 3.05) is 12.4 Å². The number of hydrogen-bond donors (Lipinski definition) is 3. The molecule has 6 nitrogen and oxygen atoms in total. The summed E-state index contributed by atoms with van der Waals surface area (Å²) >= 11 is 5.59. The third-order valence-corrected chi connectivity index (χ3v) is 4.34. The van der Waals surface area contributed by atoms with Gasteiger partial charge in [-0.25, -0.2) is 0 Å². The van der Waals surface area contributed by atoms with Gasteiger partial charge in [0.2, 0.25) is 5.78 Å². The van der Waals surface area contributed by atoms with Gasteiger partial charge in [-0.15, -0.1) is 11.6 Å². The molecule has 4 N–H and O–H groups in total. The molecule has 2 rings (SSSR count). The lowest BCUT2D eigenvalue weighted by Crippen LogP contribution is -2.44. The summed E-state index contributed by atoms with van der Waals surface area (Å²) in [7, 11) is 0. The number of nitrogens with one attached hydrogen (secondary N) is 2. The van der Waals surface area contributed by atoms with E-state index in [4.69, 9.17) is 22.7 Å². The molecule has 0 fully saturated rings. The number of hydrogen-bond acceptors (Lipinski definition) is 4. The zero-order chi connectivity index (χ0) is 20.4. The summed E-state index contributed by atoms with van der Waals surface area (Å²) in [5, 5.41) is 11.0. The molecule has 0 bridgehead atoms. The molecular weight excluding hydrogens is 376 g/mol. The predicted molar refractivity (Wildman–Crippen MR) is 112 cm³/mol. The normalized spacial score (nSPS) is 12.2. The van der Waals surface area contributed by atoms with Gasteiger partial charge in [0.1, 0.15) is 11.5 Å². The van der Waals surface area contributed by atoms with E-state index in [-0.39, 0.29) is 17.5 Å². The first-order valence-corrected chi connectivity index (χ1v) is 9.45. The summed E-state index contributed by atoms with van der Waals surface area (Å²) in [4.78, 5) is 29.5. The number of nitrogens with zero attached hydrogens (tertiary/aromatic N) is 1. The third-order valence-electron chi connectivity index (χ3n) is 4.07. The molecule has 0 saturated carbocycles. The SMILES string of the molecule is N=C(C(=O)C(CCCN=C(N)CCl)NC(=O)c1ccccc1)c1ccccc1. The summed E-state index contributed by atoms with van der Waals surface area (Å²) < 4.78 is 0. The van der Waals surface area contributed by atoms with E-state index in [0.29, 0.717) is 36.3 Å². The Morgan fingerprint density at radius 2 is 1.61 bits per heavy atom. The maximum absolute atomic E-state index is 12.9. The quantitative estimate of drug-likeness (QED) is 0.248. The van der Waals surface area contributed by atoms with Crippen LogP contribution < -0.4 is 11.1 Å². The number of ketones is 1. The minimum atomic E-state index is -0.826. The van der Waals surface area contributed by atoms with E-state index in [2.05, 4.69) is 10.3 Å².